The second-order valence-electron chi connectivity index (χ2n) is 6.72. The first-order chi connectivity index (χ1) is 14.1. The van der Waals surface area contributed by atoms with E-state index in [1.54, 1.807) is 17.0 Å². The van der Waals surface area contributed by atoms with Gasteiger partial charge in [0.05, 0.1) is 6.54 Å². The van der Waals surface area contributed by atoms with Crippen molar-refractivity contribution in [2.24, 2.45) is 0 Å². The molecule has 4 rings (SSSR count). The van der Waals surface area contributed by atoms with Crippen molar-refractivity contribution in [1.82, 2.24) is 0 Å². The number of rotatable bonds is 6. The van der Waals surface area contributed by atoms with E-state index in [1.165, 1.54) is 0 Å². The Morgan fingerprint density at radius 3 is 2.28 bits per heavy atom. The number of nitrogens with one attached hydrogen (secondary N) is 1. The lowest BCUT2D eigenvalue weighted by atomic mass is 10.1. The molecule has 3 aromatic rings. The van der Waals surface area contributed by atoms with Crippen LogP contribution in [0.3, 0.4) is 0 Å². The summed E-state index contributed by atoms with van der Waals surface area (Å²) in [5.74, 6) is -0.552. The standard InChI is InChI=1S/C23H19BrN2O3/c24-17-10-7-11-18(14-17)25-22(27)20-21(29-20)23(28)26(19-12-5-2-6-13-19)15-16-8-3-1-4-9-16/h1-14,20-21H,15H2,(H,25,27). The first-order valence-electron chi connectivity index (χ1n) is 9.24. The summed E-state index contributed by atoms with van der Waals surface area (Å²) in [7, 11) is 0. The number of carbonyl (C=O) groups is 2. The summed E-state index contributed by atoms with van der Waals surface area (Å²) < 4.78 is 6.33. The Morgan fingerprint density at radius 2 is 1.59 bits per heavy atom. The van der Waals surface area contributed by atoms with Crippen LogP contribution in [0.1, 0.15) is 5.56 Å². The van der Waals surface area contributed by atoms with Crippen LogP contribution in [-0.2, 0) is 20.9 Å². The van der Waals surface area contributed by atoms with Crippen LogP contribution < -0.4 is 10.2 Å². The van der Waals surface area contributed by atoms with Gasteiger partial charge in [-0.1, -0.05) is 70.5 Å². The molecule has 2 unspecified atom stereocenters. The third-order valence-corrected chi connectivity index (χ3v) is 5.10. The fourth-order valence-electron chi connectivity index (χ4n) is 3.10. The number of halogens is 1. The summed E-state index contributed by atoms with van der Waals surface area (Å²) in [6.45, 7) is 0.406. The summed E-state index contributed by atoms with van der Waals surface area (Å²) >= 11 is 3.37. The molecule has 1 N–H and O–H groups in total. The third-order valence-electron chi connectivity index (χ3n) is 4.60. The summed E-state index contributed by atoms with van der Waals surface area (Å²) in [4.78, 5) is 27.3. The van der Waals surface area contributed by atoms with Crippen molar-refractivity contribution in [1.29, 1.82) is 0 Å². The van der Waals surface area contributed by atoms with Crippen molar-refractivity contribution < 1.29 is 14.3 Å². The molecule has 0 radical (unpaired) electrons. The molecule has 0 saturated carbocycles. The van der Waals surface area contributed by atoms with Gasteiger partial charge in [0.2, 0.25) is 0 Å². The zero-order valence-electron chi connectivity index (χ0n) is 15.5. The summed E-state index contributed by atoms with van der Waals surface area (Å²) in [5.41, 5.74) is 2.42. The van der Waals surface area contributed by atoms with Gasteiger partial charge in [0.25, 0.3) is 11.8 Å². The Labute approximate surface area is 177 Å². The van der Waals surface area contributed by atoms with Gasteiger partial charge in [-0.2, -0.15) is 0 Å². The number of carbonyl (C=O) groups excluding carboxylic acids is 2. The second kappa shape index (κ2) is 8.59. The largest absolute Gasteiger partial charge is 0.349 e. The van der Waals surface area contributed by atoms with Gasteiger partial charge in [-0.05, 0) is 35.9 Å². The molecule has 2 amide bonds. The highest BCUT2D eigenvalue weighted by Gasteiger charge is 2.52. The van der Waals surface area contributed by atoms with Crippen LogP contribution in [0.15, 0.2) is 89.4 Å². The highest BCUT2D eigenvalue weighted by Crippen LogP contribution is 2.29. The van der Waals surface area contributed by atoms with Gasteiger partial charge in [-0.25, -0.2) is 0 Å². The topological polar surface area (TPSA) is 61.9 Å². The zero-order chi connectivity index (χ0) is 20.2. The van der Waals surface area contributed by atoms with Gasteiger partial charge in [-0.15, -0.1) is 0 Å². The van der Waals surface area contributed by atoms with Crippen LogP contribution in [0.2, 0.25) is 0 Å². The highest BCUT2D eigenvalue weighted by molar-refractivity contribution is 9.10. The van der Waals surface area contributed by atoms with E-state index in [9.17, 15) is 9.59 Å². The van der Waals surface area contributed by atoms with Crippen LogP contribution >= 0.6 is 15.9 Å². The van der Waals surface area contributed by atoms with Gasteiger partial charge in [0, 0.05) is 15.8 Å². The maximum absolute atomic E-state index is 13.1. The Bertz CT molecular complexity index is 1010. The fraction of sp³-hybridized carbons (Fsp3) is 0.130. The predicted octanol–water partition coefficient (Wildman–Crippen LogP) is 4.39. The van der Waals surface area contributed by atoms with E-state index in [0.29, 0.717) is 12.2 Å². The molecule has 29 heavy (non-hydrogen) atoms. The predicted molar refractivity (Wildman–Crippen MR) is 116 cm³/mol. The highest BCUT2D eigenvalue weighted by atomic mass is 79.9. The average molecular weight is 451 g/mol. The van der Waals surface area contributed by atoms with Gasteiger partial charge in [0.1, 0.15) is 0 Å². The summed E-state index contributed by atoms with van der Waals surface area (Å²) in [5, 5.41) is 2.79. The maximum Gasteiger partial charge on any atom is 0.259 e. The Hall–Kier alpha value is -2.96. The molecule has 0 bridgehead atoms. The molecule has 0 aromatic heterocycles. The number of para-hydroxylation sites is 1. The van der Waals surface area contributed by atoms with Crippen molar-refractivity contribution in [3.05, 3.63) is 95.0 Å². The van der Waals surface area contributed by atoms with E-state index in [4.69, 9.17) is 4.74 Å². The fourth-order valence-corrected chi connectivity index (χ4v) is 3.50. The van der Waals surface area contributed by atoms with Crippen molar-refractivity contribution in [2.75, 3.05) is 10.2 Å². The second-order valence-corrected chi connectivity index (χ2v) is 7.64. The van der Waals surface area contributed by atoms with E-state index in [0.717, 1.165) is 15.7 Å². The SMILES string of the molecule is O=C(Nc1cccc(Br)c1)C1OC1C(=O)N(Cc1ccccc1)c1ccccc1. The minimum absolute atomic E-state index is 0.227. The molecule has 1 fully saturated rings. The van der Waals surface area contributed by atoms with Crippen LogP contribution in [0.25, 0.3) is 0 Å². The molecule has 6 heteroatoms. The third kappa shape index (κ3) is 4.72. The smallest absolute Gasteiger partial charge is 0.259 e. The number of hydrogen-bond donors (Lipinski definition) is 1. The summed E-state index contributed by atoms with van der Waals surface area (Å²) in [6.07, 6.45) is -1.57. The number of anilines is 2. The molecule has 0 aliphatic carbocycles. The lowest BCUT2D eigenvalue weighted by Gasteiger charge is -2.22. The van der Waals surface area contributed by atoms with E-state index in [1.807, 2.05) is 72.8 Å². The number of ether oxygens (including phenoxy) is 1. The lowest BCUT2D eigenvalue weighted by Crippen LogP contribution is -2.36. The first kappa shape index (κ1) is 19.4. The summed E-state index contributed by atoms with van der Waals surface area (Å²) in [6, 6.07) is 26.4. The van der Waals surface area contributed by atoms with Gasteiger partial charge >= 0.3 is 0 Å². The number of benzene rings is 3. The van der Waals surface area contributed by atoms with Crippen molar-refractivity contribution in [3.63, 3.8) is 0 Å². The van der Waals surface area contributed by atoms with Crippen LogP contribution in [-0.4, -0.2) is 24.0 Å². The zero-order valence-corrected chi connectivity index (χ0v) is 17.1. The Balaban J connectivity index is 1.47. The number of epoxide rings is 1. The molecule has 2 atom stereocenters. The van der Waals surface area contributed by atoms with Gasteiger partial charge in [-0.3, -0.25) is 9.59 Å². The molecule has 3 aromatic carbocycles. The quantitative estimate of drug-likeness (QED) is 0.566. The minimum Gasteiger partial charge on any atom is -0.349 e. The van der Waals surface area contributed by atoms with E-state index in [-0.39, 0.29) is 11.8 Å². The number of hydrogen-bond acceptors (Lipinski definition) is 3. The van der Waals surface area contributed by atoms with E-state index < -0.39 is 12.2 Å². The van der Waals surface area contributed by atoms with Gasteiger partial charge in [0.15, 0.2) is 12.2 Å². The Kier molecular flexibility index (Phi) is 5.74. The average Bonchev–Trinajstić information content (AvgIpc) is 3.54. The normalized spacial score (nSPS) is 17.4. The minimum atomic E-state index is -0.788. The molecule has 0 spiro atoms. The van der Waals surface area contributed by atoms with Crippen molar-refractivity contribution in [3.8, 4) is 0 Å². The molecular formula is C23H19BrN2O3. The van der Waals surface area contributed by atoms with Crippen LogP contribution in [0, 0.1) is 0 Å². The molecule has 1 heterocycles. The maximum atomic E-state index is 13.1. The molecular weight excluding hydrogens is 432 g/mol. The molecule has 5 nitrogen and oxygen atoms in total. The molecule has 1 aliphatic rings. The molecule has 146 valence electrons. The number of amides is 2. The Morgan fingerprint density at radius 1 is 0.897 bits per heavy atom. The van der Waals surface area contributed by atoms with E-state index in [2.05, 4.69) is 21.2 Å². The van der Waals surface area contributed by atoms with Crippen molar-refractivity contribution in [2.45, 2.75) is 18.8 Å². The molecule has 1 saturated heterocycles. The molecule has 1 aliphatic heterocycles. The van der Waals surface area contributed by atoms with Gasteiger partial charge < -0.3 is 15.0 Å². The van der Waals surface area contributed by atoms with E-state index >= 15 is 0 Å². The van der Waals surface area contributed by atoms with Crippen LogP contribution in [0.4, 0.5) is 11.4 Å². The van der Waals surface area contributed by atoms with Crippen molar-refractivity contribution >= 4 is 39.1 Å². The van der Waals surface area contributed by atoms with Crippen LogP contribution in [0.5, 0.6) is 0 Å². The lowest BCUT2D eigenvalue weighted by molar-refractivity contribution is -0.120. The number of nitrogens with zero attached hydrogens (tertiary/aromatic N) is 1. The first-order valence-corrected chi connectivity index (χ1v) is 10.0. The monoisotopic (exact) mass is 450 g/mol.